The van der Waals surface area contributed by atoms with Crippen LogP contribution in [0.5, 0.6) is 11.5 Å². The van der Waals surface area contributed by atoms with E-state index in [4.69, 9.17) is 9.47 Å². The maximum Gasteiger partial charge on any atom is 0.221 e. The topological polar surface area (TPSA) is 66.6 Å². The molecule has 0 saturated heterocycles. The van der Waals surface area contributed by atoms with Gasteiger partial charge in [-0.15, -0.1) is 0 Å². The molecule has 1 amide bonds. The van der Waals surface area contributed by atoms with Crippen LogP contribution in [-0.2, 0) is 11.2 Å². The van der Waals surface area contributed by atoms with Crippen LogP contribution in [0.1, 0.15) is 69.6 Å². The average molecular weight is 494 g/mol. The number of H-pyrrole nitrogens is 1. The second-order valence-electron chi connectivity index (χ2n) is 9.45. The van der Waals surface area contributed by atoms with Gasteiger partial charge in [0.05, 0.1) is 14.2 Å². The quantitative estimate of drug-likeness (QED) is 0.294. The first-order chi connectivity index (χ1) is 17.4. The van der Waals surface area contributed by atoms with Gasteiger partial charge in [0.15, 0.2) is 11.5 Å². The summed E-state index contributed by atoms with van der Waals surface area (Å²) in [6.45, 7) is 11.8. The summed E-state index contributed by atoms with van der Waals surface area (Å²) in [7, 11) is 3.28. The Balaban J connectivity index is 1.85. The minimum absolute atomic E-state index is 0.0612. The van der Waals surface area contributed by atoms with Crippen molar-refractivity contribution in [2.24, 2.45) is 0 Å². The Bertz CT molecular complexity index is 1120. The summed E-state index contributed by atoms with van der Waals surface area (Å²) in [6, 6.07) is 12.5. The van der Waals surface area contributed by atoms with E-state index in [1.165, 1.54) is 5.56 Å². The number of hydrogen-bond donors (Lipinski definition) is 2. The maximum atomic E-state index is 13.3. The number of amides is 1. The molecule has 0 aliphatic heterocycles. The van der Waals surface area contributed by atoms with Crippen LogP contribution in [0.3, 0.4) is 0 Å². The van der Waals surface area contributed by atoms with E-state index in [1.807, 2.05) is 18.2 Å². The Hall–Kier alpha value is -2.99. The molecule has 196 valence electrons. The number of hydrogen-bond acceptors (Lipinski definition) is 4. The lowest BCUT2D eigenvalue weighted by molar-refractivity contribution is -0.121. The van der Waals surface area contributed by atoms with Crippen molar-refractivity contribution in [3.8, 4) is 11.5 Å². The minimum atomic E-state index is -0.117. The summed E-state index contributed by atoms with van der Waals surface area (Å²) in [6.07, 6.45) is 5.41. The number of methoxy groups -OCH3 is 2. The maximum absolute atomic E-state index is 13.3. The highest BCUT2D eigenvalue weighted by molar-refractivity contribution is 5.88. The number of nitrogens with one attached hydrogen (secondary N) is 2. The first-order valence-corrected chi connectivity index (χ1v) is 13.3. The highest BCUT2D eigenvalue weighted by atomic mass is 16.5. The lowest BCUT2D eigenvalue weighted by atomic mass is 9.87. The van der Waals surface area contributed by atoms with Crippen LogP contribution in [0.4, 0.5) is 0 Å². The number of aromatic nitrogens is 1. The zero-order valence-electron chi connectivity index (χ0n) is 22.8. The number of ether oxygens (including phenoxy) is 2. The van der Waals surface area contributed by atoms with Gasteiger partial charge in [-0.1, -0.05) is 45.0 Å². The standard InChI is InChI=1S/C30H43N3O3/c1-7-22-13-10-14-24-26(20-31-30(22)24)25(23-15-16-27(35-5)28(18-23)36-6)19-29(34)32-21(4)12-11-17-33(8-2)9-3/h10,13-16,18,20-21,25,31H,7-9,11-12,17,19H2,1-6H3,(H,32,34)/t21-,25+/m1/s1. The van der Waals surface area contributed by atoms with Crippen LogP contribution in [0, 0.1) is 0 Å². The molecule has 0 radical (unpaired) electrons. The summed E-state index contributed by atoms with van der Waals surface area (Å²) in [5.41, 5.74) is 4.57. The summed E-state index contributed by atoms with van der Waals surface area (Å²) in [5.74, 6) is 1.29. The molecule has 6 nitrogen and oxygen atoms in total. The summed E-state index contributed by atoms with van der Waals surface area (Å²) in [4.78, 5) is 19.2. The molecule has 0 aliphatic rings. The molecular formula is C30H43N3O3. The third-order valence-electron chi connectivity index (χ3n) is 7.20. The second-order valence-corrected chi connectivity index (χ2v) is 9.45. The van der Waals surface area contributed by atoms with Crippen molar-refractivity contribution in [1.29, 1.82) is 0 Å². The molecule has 0 aliphatic carbocycles. The molecule has 36 heavy (non-hydrogen) atoms. The van der Waals surface area contributed by atoms with Gasteiger partial charge in [-0.25, -0.2) is 0 Å². The number of benzene rings is 2. The van der Waals surface area contributed by atoms with Crippen LogP contribution in [0.25, 0.3) is 10.9 Å². The van der Waals surface area contributed by atoms with E-state index in [1.54, 1.807) is 14.2 Å². The van der Waals surface area contributed by atoms with Gasteiger partial charge in [0.25, 0.3) is 0 Å². The fraction of sp³-hybridized carbons (Fsp3) is 0.500. The average Bonchev–Trinajstić information content (AvgIpc) is 3.33. The number of nitrogens with zero attached hydrogens (tertiary/aromatic N) is 1. The van der Waals surface area contributed by atoms with Crippen LogP contribution in [0.15, 0.2) is 42.6 Å². The molecule has 0 unspecified atom stereocenters. The first-order valence-electron chi connectivity index (χ1n) is 13.3. The van der Waals surface area contributed by atoms with Gasteiger partial charge in [-0.3, -0.25) is 4.79 Å². The molecule has 6 heteroatoms. The van der Waals surface area contributed by atoms with Crippen molar-refractivity contribution in [2.75, 3.05) is 33.9 Å². The zero-order chi connectivity index (χ0) is 26.1. The van der Waals surface area contributed by atoms with Crippen LogP contribution < -0.4 is 14.8 Å². The largest absolute Gasteiger partial charge is 0.493 e. The van der Waals surface area contributed by atoms with Gasteiger partial charge < -0.3 is 24.7 Å². The van der Waals surface area contributed by atoms with E-state index < -0.39 is 0 Å². The lowest BCUT2D eigenvalue weighted by Crippen LogP contribution is -2.34. The number of fused-ring (bicyclic) bond motifs is 1. The Labute approximate surface area is 216 Å². The molecule has 1 aromatic heterocycles. The van der Waals surface area contributed by atoms with Crippen LogP contribution in [0.2, 0.25) is 0 Å². The highest BCUT2D eigenvalue weighted by Crippen LogP contribution is 2.38. The van der Waals surface area contributed by atoms with E-state index >= 15 is 0 Å². The van der Waals surface area contributed by atoms with Crippen LogP contribution in [-0.4, -0.2) is 55.7 Å². The number of para-hydroxylation sites is 1. The monoisotopic (exact) mass is 493 g/mol. The smallest absolute Gasteiger partial charge is 0.221 e. The number of carbonyl (C=O) groups is 1. The van der Waals surface area contributed by atoms with E-state index in [9.17, 15) is 4.79 Å². The van der Waals surface area contributed by atoms with E-state index in [2.05, 4.69) is 67.3 Å². The van der Waals surface area contributed by atoms with E-state index in [0.717, 1.165) is 60.9 Å². The van der Waals surface area contributed by atoms with Crippen LogP contribution >= 0.6 is 0 Å². The predicted octanol–water partition coefficient (Wildman–Crippen LogP) is 5.90. The fourth-order valence-corrected chi connectivity index (χ4v) is 5.05. The van der Waals surface area contributed by atoms with Crippen molar-refractivity contribution in [3.05, 3.63) is 59.3 Å². The third-order valence-corrected chi connectivity index (χ3v) is 7.20. The van der Waals surface area contributed by atoms with Gasteiger partial charge in [-0.05, 0) is 74.6 Å². The lowest BCUT2D eigenvalue weighted by Gasteiger charge is -2.22. The van der Waals surface area contributed by atoms with Gasteiger partial charge >= 0.3 is 0 Å². The number of aryl methyl sites for hydroxylation is 1. The van der Waals surface area contributed by atoms with Gasteiger partial charge in [-0.2, -0.15) is 0 Å². The molecule has 0 bridgehead atoms. The van der Waals surface area contributed by atoms with Crippen molar-refractivity contribution in [2.45, 2.75) is 65.3 Å². The SMILES string of the molecule is CCc1cccc2c([C@@H](CC(=O)N[C@H](C)CCCN(CC)CC)c3ccc(OC)c(OC)c3)c[nH]c12. The Morgan fingerprint density at radius 3 is 2.47 bits per heavy atom. The molecule has 3 aromatic rings. The number of carbonyl (C=O) groups excluding carboxylic acids is 1. The molecule has 0 spiro atoms. The molecule has 1 heterocycles. The van der Waals surface area contributed by atoms with Gasteiger partial charge in [0, 0.05) is 35.5 Å². The molecule has 0 saturated carbocycles. The molecule has 2 atom stereocenters. The van der Waals surface area contributed by atoms with E-state index in [-0.39, 0.29) is 17.9 Å². The molecule has 0 fully saturated rings. The molecule has 2 N–H and O–H groups in total. The first kappa shape index (κ1) is 27.6. The van der Waals surface area contributed by atoms with Crippen molar-refractivity contribution in [1.82, 2.24) is 15.2 Å². The Morgan fingerprint density at radius 2 is 1.81 bits per heavy atom. The van der Waals surface area contributed by atoms with Gasteiger partial charge in [0.2, 0.25) is 5.91 Å². The minimum Gasteiger partial charge on any atom is -0.493 e. The van der Waals surface area contributed by atoms with E-state index in [0.29, 0.717) is 17.9 Å². The molecule has 2 aromatic carbocycles. The zero-order valence-corrected chi connectivity index (χ0v) is 22.8. The molecule has 3 rings (SSSR count). The van der Waals surface area contributed by atoms with Crippen molar-refractivity contribution < 1.29 is 14.3 Å². The number of aromatic amines is 1. The highest BCUT2D eigenvalue weighted by Gasteiger charge is 2.24. The Morgan fingerprint density at radius 1 is 1.06 bits per heavy atom. The summed E-state index contributed by atoms with van der Waals surface area (Å²) in [5, 5.41) is 4.41. The second kappa shape index (κ2) is 13.4. The Kier molecular flexibility index (Phi) is 10.2. The van der Waals surface area contributed by atoms with Gasteiger partial charge in [0.1, 0.15) is 0 Å². The molecular weight excluding hydrogens is 450 g/mol. The van der Waals surface area contributed by atoms with Crippen molar-refractivity contribution in [3.63, 3.8) is 0 Å². The summed E-state index contributed by atoms with van der Waals surface area (Å²) < 4.78 is 11.0. The number of rotatable bonds is 14. The summed E-state index contributed by atoms with van der Waals surface area (Å²) >= 11 is 0. The van der Waals surface area contributed by atoms with Crippen molar-refractivity contribution >= 4 is 16.8 Å². The normalized spacial score (nSPS) is 13.1. The predicted molar refractivity (Wildman–Crippen MR) is 148 cm³/mol. The fourth-order valence-electron chi connectivity index (χ4n) is 5.05. The third kappa shape index (κ3) is 6.61.